The summed E-state index contributed by atoms with van der Waals surface area (Å²) in [4.78, 5) is 0. The highest BCUT2D eigenvalue weighted by Gasteiger charge is 2.01. The average Bonchev–Trinajstić information content (AvgIpc) is 2.46. The molecule has 19 heavy (non-hydrogen) atoms. The van der Waals surface area contributed by atoms with Crippen LogP contribution in [0.1, 0.15) is 5.56 Å². The van der Waals surface area contributed by atoms with Crippen LogP contribution in [0.3, 0.4) is 0 Å². The third-order valence-corrected chi connectivity index (χ3v) is 3.10. The second-order valence-electron chi connectivity index (χ2n) is 4.05. The Balaban J connectivity index is 1.99. The van der Waals surface area contributed by atoms with Crippen molar-refractivity contribution in [3.8, 4) is 11.5 Å². The molecule has 0 heterocycles. The largest absolute Gasteiger partial charge is 0.497 e. The van der Waals surface area contributed by atoms with Crippen molar-refractivity contribution in [3.63, 3.8) is 0 Å². The summed E-state index contributed by atoms with van der Waals surface area (Å²) < 4.78 is 10.2. The van der Waals surface area contributed by atoms with Crippen molar-refractivity contribution >= 4 is 17.3 Å². The maximum atomic E-state index is 6.07. The predicted octanol–water partition coefficient (Wildman–Crippen LogP) is 3.97. The number of anilines is 1. The average molecular weight is 278 g/mol. The molecular formula is C15H16ClNO2. The lowest BCUT2D eigenvalue weighted by atomic mass is 10.2. The van der Waals surface area contributed by atoms with Crippen LogP contribution >= 0.6 is 11.6 Å². The summed E-state index contributed by atoms with van der Waals surface area (Å²) in [5.74, 6) is 1.54. The summed E-state index contributed by atoms with van der Waals surface area (Å²) in [6, 6.07) is 13.6. The molecule has 0 spiro atoms. The van der Waals surface area contributed by atoms with E-state index in [0.717, 1.165) is 18.0 Å². The molecule has 0 fully saturated rings. The van der Waals surface area contributed by atoms with Crippen molar-refractivity contribution in [2.45, 2.75) is 6.54 Å². The molecule has 0 unspecified atom stereocenters. The summed E-state index contributed by atoms with van der Waals surface area (Å²) in [7, 11) is 3.26. The van der Waals surface area contributed by atoms with Crippen LogP contribution < -0.4 is 14.8 Å². The number of rotatable bonds is 5. The maximum absolute atomic E-state index is 6.07. The Morgan fingerprint density at radius 1 is 1.00 bits per heavy atom. The van der Waals surface area contributed by atoms with Crippen LogP contribution in [-0.4, -0.2) is 14.2 Å². The van der Waals surface area contributed by atoms with Gasteiger partial charge in [0.1, 0.15) is 11.5 Å². The van der Waals surface area contributed by atoms with Crippen LogP contribution in [0.2, 0.25) is 5.02 Å². The Labute approximate surface area is 118 Å². The predicted molar refractivity (Wildman–Crippen MR) is 78.3 cm³/mol. The third-order valence-electron chi connectivity index (χ3n) is 2.81. The molecule has 0 saturated carbocycles. The number of ether oxygens (including phenoxy) is 2. The van der Waals surface area contributed by atoms with E-state index < -0.39 is 0 Å². The third kappa shape index (κ3) is 3.55. The Morgan fingerprint density at radius 2 is 1.74 bits per heavy atom. The molecular weight excluding hydrogens is 262 g/mol. The Kier molecular flexibility index (Phi) is 4.53. The highest BCUT2D eigenvalue weighted by atomic mass is 35.5. The topological polar surface area (TPSA) is 30.5 Å². The fourth-order valence-electron chi connectivity index (χ4n) is 1.72. The first-order chi connectivity index (χ1) is 9.22. The van der Waals surface area contributed by atoms with Gasteiger partial charge in [0, 0.05) is 12.2 Å². The van der Waals surface area contributed by atoms with Crippen molar-refractivity contribution in [1.82, 2.24) is 0 Å². The quantitative estimate of drug-likeness (QED) is 0.897. The van der Waals surface area contributed by atoms with Crippen LogP contribution in [0.25, 0.3) is 0 Å². The second kappa shape index (κ2) is 6.34. The van der Waals surface area contributed by atoms with Crippen molar-refractivity contribution in [1.29, 1.82) is 0 Å². The molecule has 0 amide bonds. The molecule has 0 aliphatic heterocycles. The summed E-state index contributed by atoms with van der Waals surface area (Å²) in [5.41, 5.74) is 2.13. The number of nitrogens with one attached hydrogen (secondary N) is 1. The normalized spacial score (nSPS) is 10.1. The molecule has 0 aliphatic rings. The number of halogens is 1. The standard InChI is InChI=1S/C15H16ClNO2/c1-18-13-6-3-11(4-7-13)10-17-12-5-8-15(19-2)14(16)9-12/h3-9,17H,10H2,1-2H3. The maximum Gasteiger partial charge on any atom is 0.137 e. The Bertz CT molecular complexity index is 540. The number of hydrogen-bond donors (Lipinski definition) is 1. The molecule has 1 N–H and O–H groups in total. The summed E-state index contributed by atoms with van der Waals surface area (Å²) in [6.45, 7) is 0.729. The highest BCUT2D eigenvalue weighted by Crippen LogP contribution is 2.27. The van der Waals surface area contributed by atoms with Gasteiger partial charge in [-0.2, -0.15) is 0 Å². The molecule has 4 heteroatoms. The number of benzene rings is 2. The van der Waals surface area contributed by atoms with E-state index in [1.54, 1.807) is 14.2 Å². The summed E-state index contributed by atoms with van der Waals surface area (Å²) >= 11 is 6.07. The zero-order chi connectivity index (χ0) is 13.7. The van der Waals surface area contributed by atoms with Crippen molar-refractivity contribution in [2.24, 2.45) is 0 Å². The first-order valence-corrected chi connectivity index (χ1v) is 6.31. The smallest absolute Gasteiger partial charge is 0.137 e. The molecule has 0 saturated heterocycles. The minimum atomic E-state index is 0.599. The summed E-state index contributed by atoms with van der Waals surface area (Å²) in [5, 5.41) is 3.91. The van der Waals surface area contributed by atoms with E-state index in [-0.39, 0.29) is 0 Å². The molecule has 3 nitrogen and oxygen atoms in total. The molecule has 0 aromatic heterocycles. The van der Waals surface area contributed by atoms with E-state index in [2.05, 4.69) is 5.32 Å². The lowest BCUT2D eigenvalue weighted by Gasteiger charge is -2.09. The molecule has 2 aromatic rings. The zero-order valence-electron chi connectivity index (χ0n) is 10.9. The lowest BCUT2D eigenvalue weighted by Crippen LogP contribution is -1.99. The van der Waals surface area contributed by atoms with E-state index in [1.165, 1.54) is 5.56 Å². The van der Waals surface area contributed by atoms with Crippen LogP contribution in [0.4, 0.5) is 5.69 Å². The van der Waals surface area contributed by atoms with Gasteiger partial charge >= 0.3 is 0 Å². The summed E-state index contributed by atoms with van der Waals surface area (Å²) in [6.07, 6.45) is 0. The van der Waals surface area contributed by atoms with Gasteiger partial charge in [-0.15, -0.1) is 0 Å². The van der Waals surface area contributed by atoms with Gasteiger partial charge in [0.05, 0.1) is 19.2 Å². The molecule has 0 bridgehead atoms. The lowest BCUT2D eigenvalue weighted by molar-refractivity contribution is 0.414. The fraction of sp³-hybridized carbons (Fsp3) is 0.200. The highest BCUT2D eigenvalue weighted by molar-refractivity contribution is 6.32. The number of hydrogen-bond acceptors (Lipinski definition) is 3. The van der Waals surface area contributed by atoms with Gasteiger partial charge < -0.3 is 14.8 Å². The zero-order valence-corrected chi connectivity index (χ0v) is 11.7. The van der Waals surface area contributed by atoms with Crippen molar-refractivity contribution in [3.05, 3.63) is 53.1 Å². The van der Waals surface area contributed by atoms with Crippen LogP contribution in [0.5, 0.6) is 11.5 Å². The second-order valence-corrected chi connectivity index (χ2v) is 4.46. The molecule has 0 atom stereocenters. The Hall–Kier alpha value is -1.87. The van der Waals surface area contributed by atoms with Gasteiger partial charge in [0.15, 0.2) is 0 Å². The van der Waals surface area contributed by atoms with E-state index in [1.807, 2.05) is 42.5 Å². The van der Waals surface area contributed by atoms with Gasteiger partial charge in [-0.25, -0.2) is 0 Å². The molecule has 0 aliphatic carbocycles. The van der Waals surface area contributed by atoms with E-state index in [0.29, 0.717) is 10.8 Å². The van der Waals surface area contributed by atoms with Gasteiger partial charge in [-0.1, -0.05) is 23.7 Å². The van der Waals surface area contributed by atoms with E-state index in [9.17, 15) is 0 Å². The van der Waals surface area contributed by atoms with Gasteiger partial charge in [-0.05, 0) is 35.9 Å². The van der Waals surface area contributed by atoms with Crippen LogP contribution in [0, 0.1) is 0 Å². The molecule has 2 aromatic carbocycles. The minimum absolute atomic E-state index is 0.599. The van der Waals surface area contributed by atoms with E-state index in [4.69, 9.17) is 21.1 Å². The van der Waals surface area contributed by atoms with Gasteiger partial charge in [0.2, 0.25) is 0 Å². The molecule has 100 valence electrons. The molecule has 2 rings (SSSR count). The molecule has 0 radical (unpaired) electrons. The van der Waals surface area contributed by atoms with Gasteiger partial charge in [-0.3, -0.25) is 0 Å². The fourth-order valence-corrected chi connectivity index (χ4v) is 1.98. The van der Waals surface area contributed by atoms with Crippen molar-refractivity contribution in [2.75, 3.05) is 19.5 Å². The SMILES string of the molecule is COc1ccc(CNc2ccc(OC)c(Cl)c2)cc1. The minimum Gasteiger partial charge on any atom is -0.497 e. The van der Waals surface area contributed by atoms with E-state index >= 15 is 0 Å². The number of methoxy groups -OCH3 is 2. The first kappa shape index (κ1) is 13.6. The van der Waals surface area contributed by atoms with Crippen LogP contribution in [0.15, 0.2) is 42.5 Å². The van der Waals surface area contributed by atoms with Crippen molar-refractivity contribution < 1.29 is 9.47 Å². The van der Waals surface area contributed by atoms with Gasteiger partial charge in [0.25, 0.3) is 0 Å². The first-order valence-electron chi connectivity index (χ1n) is 5.93. The Morgan fingerprint density at radius 3 is 2.32 bits per heavy atom. The monoisotopic (exact) mass is 277 g/mol. The van der Waals surface area contributed by atoms with Crippen LogP contribution in [-0.2, 0) is 6.54 Å².